The van der Waals surface area contributed by atoms with Crippen molar-refractivity contribution in [1.29, 1.82) is 0 Å². The molecule has 84 valence electrons. The molecule has 1 aliphatic heterocycles. The van der Waals surface area contributed by atoms with E-state index in [1.54, 1.807) is 7.11 Å². The molecule has 0 saturated carbocycles. The van der Waals surface area contributed by atoms with Crippen LogP contribution in [0.15, 0.2) is 6.20 Å². The Morgan fingerprint density at radius 3 is 3.07 bits per heavy atom. The van der Waals surface area contributed by atoms with E-state index in [0.717, 1.165) is 31.9 Å². The smallest absolute Gasteiger partial charge is 0.123 e. The number of imidazole rings is 1. The topological polar surface area (TPSA) is 30.3 Å². The normalized spacial score (nSPS) is 18.9. The fraction of sp³-hybridized carbons (Fsp3) is 0.727. The maximum Gasteiger partial charge on any atom is 0.123 e. The minimum atomic E-state index is 0.473. The molecule has 0 aliphatic carbocycles. The summed E-state index contributed by atoms with van der Waals surface area (Å²) in [5, 5.41) is 0. The van der Waals surface area contributed by atoms with E-state index in [0.29, 0.717) is 6.04 Å². The van der Waals surface area contributed by atoms with Crippen molar-refractivity contribution in [3.8, 4) is 0 Å². The lowest BCUT2D eigenvalue weighted by Crippen LogP contribution is -2.41. The number of aromatic nitrogens is 2. The molecule has 0 N–H and O–H groups in total. The van der Waals surface area contributed by atoms with Gasteiger partial charge in [0.2, 0.25) is 0 Å². The van der Waals surface area contributed by atoms with Gasteiger partial charge in [0.15, 0.2) is 0 Å². The Balaban J connectivity index is 2.04. The molecule has 4 heteroatoms. The minimum Gasteiger partial charge on any atom is -0.383 e. The fourth-order valence-corrected chi connectivity index (χ4v) is 2.14. The van der Waals surface area contributed by atoms with Gasteiger partial charge in [-0.25, -0.2) is 4.98 Å². The van der Waals surface area contributed by atoms with Gasteiger partial charge in [0.1, 0.15) is 5.82 Å². The van der Waals surface area contributed by atoms with Crippen molar-refractivity contribution in [3.63, 3.8) is 0 Å². The molecule has 1 aliphatic rings. The molecule has 0 amide bonds. The molecule has 4 nitrogen and oxygen atoms in total. The van der Waals surface area contributed by atoms with Crippen molar-refractivity contribution >= 4 is 0 Å². The molecular weight excluding hydrogens is 190 g/mol. The monoisotopic (exact) mass is 209 g/mol. The maximum atomic E-state index is 5.18. The third-order valence-corrected chi connectivity index (χ3v) is 2.98. The molecule has 0 fully saturated rings. The van der Waals surface area contributed by atoms with Crippen molar-refractivity contribution < 1.29 is 4.74 Å². The summed E-state index contributed by atoms with van der Waals surface area (Å²) in [4.78, 5) is 6.95. The Labute approximate surface area is 90.9 Å². The highest BCUT2D eigenvalue weighted by Crippen LogP contribution is 2.14. The predicted octanol–water partition coefficient (Wildman–Crippen LogP) is 1.04. The molecule has 15 heavy (non-hydrogen) atoms. The molecular formula is C11H19N3O. The second kappa shape index (κ2) is 4.33. The van der Waals surface area contributed by atoms with Gasteiger partial charge in [-0.1, -0.05) is 0 Å². The highest BCUT2D eigenvalue weighted by atomic mass is 16.5. The standard InChI is InChI=1S/C11H19N3O/c1-9-6-14-5-4-13(7-11(14)12-9)10(2)8-15-3/h6,10H,4-5,7-8H2,1-3H3. The Morgan fingerprint density at radius 2 is 2.33 bits per heavy atom. The summed E-state index contributed by atoms with van der Waals surface area (Å²) in [6, 6.07) is 0.473. The largest absolute Gasteiger partial charge is 0.383 e. The molecule has 1 aromatic rings. The third kappa shape index (κ3) is 2.21. The summed E-state index contributed by atoms with van der Waals surface area (Å²) in [6.07, 6.45) is 2.13. The average molecular weight is 209 g/mol. The number of hydrogen-bond acceptors (Lipinski definition) is 3. The van der Waals surface area contributed by atoms with E-state index >= 15 is 0 Å². The first-order chi connectivity index (χ1) is 7.20. The van der Waals surface area contributed by atoms with Crippen LogP contribution in [0.3, 0.4) is 0 Å². The Morgan fingerprint density at radius 1 is 1.53 bits per heavy atom. The van der Waals surface area contributed by atoms with E-state index < -0.39 is 0 Å². The first-order valence-electron chi connectivity index (χ1n) is 5.46. The fourth-order valence-electron chi connectivity index (χ4n) is 2.14. The van der Waals surface area contributed by atoms with Crippen LogP contribution in [0.2, 0.25) is 0 Å². The molecule has 0 bridgehead atoms. The van der Waals surface area contributed by atoms with Gasteiger partial charge in [-0.2, -0.15) is 0 Å². The third-order valence-electron chi connectivity index (χ3n) is 2.98. The quantitative estimate of drug-likeness (QED) is 0.745. The molecule has 0 radical (unpaired) electrons. The number of nitrogens with zero attached hydrogens (tertiary/aromatic N) is 3. The first-order valence-corrected chi connectivity index (χ1v) is 5.46. The van der Waals surface area contributed by atoms with Crippen molar-refractivity contribution in [3.05, 3.63) is 17.7 Å². The van der Waals surface area contributed by atoms with Crippen LogP contribution in [0, 0.1) is 6.92 Å². The Kier molecular flexibility index (Phi) is 3.07. The lowest BCUT2D eigenvalue weighted by atomic mass is 10.2. The zero-order chi connectivity index (χ0) is 10.8. The van der Waals surface area contributed by atoms with Crippen molar-refractivity contribution in [2.24, 2.45) is 0 Å². The van der Waals surface area contributed by atoms with Crippen molar-refractivity contribution in [2.45, 2.75) is 33.0 Å². The van der Waals surface area contributed by atoms with Crippen LogP contribution in [0.5, 0.6) is 0 Å². The van der Waals surface area contributed by atoms with Crippen molar-refractivity contribution in [1.82, 2.24) is 14.5 Å². The molecule has 0 aromatic carbocycles. The lowest BCUT2D eigenvalue weighted by molar-refractivity contribution is 0.0804. The van der Waals surface area contributed by atoms with Crippen LogP contribution in [-0.4, -0.2) is 40.8 Å². The molecule has 0 spiro atoms. The van der Waals surface area contributed by atoms with Crippen LogP contribution in [0.1, 0.15) is 18.4 Å². The van der Waals surface area contributed by atoms with E-state index in [-0.39, 0.29) is 0 Å². The number of ether oxygens (including phenoxy) is 1. The van der Waals surface area contributed by atoms with Crippen LogP contribution in [0.25, 0.3) is 0 Å². The van der Waals surface area contributed by atoms with Gasteiger partial charge in [0, 0.05) is 32.4 Å². The van der Waals surface area contributed by atoms with Crippen LogP contribution in [0.4, 0.5) is 0 Å². The van der Waals surface area contributed by atoms with E-state index in [4.69, 9.17) is 4.74 Å². The molecule has 2 rings (SSSR count). The summed E-state index contributed by atoms with van der Waals surface area (Å²) >= 11 is 0. The number of methoxy groups -OCH3 is 1. The molecule has 2 heterocycles. The first kappa shape index (κ1) is 10.6. The van der Waals surface area contributed by atoms with Gasteiger partial charge >= 0.3 is 0 Å². The van der Waals surface area contributed by atoms with Gasteiger partial charge in [0.05, 0.1) is 18.8 Å². The molecule has 0 saturated heterocycles. The number of fused-ring (bicyclic) bond motifs is 1. The Hall–Kier alpha value is -0.870. The van der Waals surface area contributed by atoms with Crippen molar-refractivity contribution in [2.75, 3.05) is 20.3 Å². The minimum absolute atomic E-state index is 0.473. The number of hydrogen-bond donors (Lipinski definition) is 0. The second-order valence-electron chi connectivity index (χ2n) is 4.27. The van der Waals surface area contributed by atoms with E-state index in [2.05, 4.69) is 27.6 Å². The van der Waals surface area contributed by atoms with Gasteiger partial charge in [0.25, 0.3) is 0 Å². The maximum absolute atomic E-state index is 5.18. The molecule has 1 atom stereocenters. The van der Waals surface area contributed by atoms with Gasteiger partial charge in [-0.3, -0.25) is 4.90 Å². The van der Waals surface area contributed by atoms with E-state index in [1.165, 1.54) is 5.82 Å². The second-order valence-corrected chi connectivity index (χ2v) is 4.27. The van der Waals surface area contributed by atoms with Crippen LogP contribution < -0.4 is 0 Å². The summed E-state index contributed by atoms with van der Waals surface area (Å²) in [5.74, 6) is 1.18. The highest BCUT2D eigenvalue weighted by molar-refractivity contribution is 5.04. The summed E-state index contributed by atoms with van der Waals surface area (Å²) < 4.78 is 7.44. The summed E-state index contributed by atoms with van der Waals surface area (Å²) in [5.41, 5.74) is 1.12. The SMILES string of the molecule is COCC(C)N1CCn2cc(C)nc2C1. The zero-order valence-corrected chi connectivity index (χ0v) is 9.73. The number of aryl methyl sites for hydroxylation is 1. The summed E-state index contributed by atoms with van der Waals surface area (Å²) in [6.45, 7) is 8.12. The van der Waals surface area contributed by atoms with Gasteiger partial charge < -0.3 is 9.30 Å². The van der Waals surface area contributed by atoms with Crippen LogP contribution >= 0.6 is 0 Å². The molecule has 1 aromatic heterocycles. The van der Waals surface area contributed by atoms with Gasteiger partial charge in [-0.05, 0) is 13.8 Å². The van der Waals surface area contributed by atoms with Gasteiger partial charge in [-0.15, -0.1) is 0 Å². The highest BCUT2D eigenvalue weighted by Gasteiger charge is 2.21. The predicted molar refractivity (Wildman–Crippen MR) is 58.7 cm³/mol. The molecule has 1 unspecified atom stereocenters. The zero-order valence-electron chi connectivity index (χ0n) is 9.73. The van der Waals surface area contributed by atoms with E-state index in [1.807, 2.05) is 6.92 Å². The average Bonchev–Trinajstić information content (AvgIpc) is 2.57. The lowest BCUT2D eigenvalue weighted by Gasteiger charge is -2.32. The van der Waals surface area contributed by atoms with Crippen LogP contribution in [-0.2, 0) is 17.8 Å². The van der Waals surface area contributed by atoms with E-state index in [9.17, 15) is 0 Å². The Bertz CT molecular complexity index is 335. The summed E-state index contributed by atoms with van der Waals surface area (Å²) in [7, 11) is 1.76. The number of rotatable bonds is 3.